The molecule has 0 aliphatic carbocycles. The number of carbonyl (C=O) groups excluding carboxylic acids is 1. The number of oxazole rings is 1. The van der Waals surface area contributed by atoms with Crippen LogP contribution in [0.15, 0.2) is 22.6 Å². The summed E-state index contributed by atoms with van der Waals surface area (Å²) < 4.78 is 5.62. The van der Waals surface area contributed by atoms with E-state index in [-0.39, 0.29) is 5.91 Å². The number of hydrogen-bond donors (Lipinski definition) is 1. The highest BCUT2D eigenvalue weighted by Crippen LogP contribution is 2.22. The number of rotatable bonds is 3. The minimum atomic E-state index is 0.171. The lowest BCUT2D eigenvalue weighted by atomic mass is 10.0. The maximum Gasteiger partial charge on any atom is 0.219 e. The van der Waals surface area contributed by atoms with Crippen molar-refractivity contribution in [3.8, 4) is 0 Å². The van der Waals surface area contributed by atoms with Gasteiger partial charge in [0.05, 0.1) is 0 Å². The Hall–Kier alpha value is -2.04. The van der Waals surface area contributed by atoms with Crippen LogP contribution < -0.4 is 5.32 Å². The summed E-state index contributed by atoms with van der Waals surface area (Å²) in [7, 11) is 0. The van der Waals surface area contributed by atoms with Crippen molar-refractivity contribution in [1.29, 1.82) is 0 Å². The number of fused-ring (bicyclic) bond motifs is 1. The van der Waals surface area contributed by atoms with E-state index in [1.807, 2.05) is 30.0 Å². The Bertz CT molecular complexity index is 642. The highest BCUT2D eigenvalue weighted by molar-refractivity contribution is 5.77. The summed E-state index contributed by atoms with van der Waals surface area (Å²) in [6, 6.07) is 6.45. The molecule has 1 aromatic heterocycles. The molecular formula is C16H21N3O2. The average Bonchev–Trinajstić information content (AvgIpc) is 2.90. The van der Waals surface area contributed by atoms with Gasteiger partial charge in [-0.05, 0) is 31.0 Å². The Morgan fingerprint density at radius 1 is 1.43 bits per heavy atom. The molecule has 1 aliphatic heterocycles. The number of nitrogens with one attached hydrogen (secondary N) is 1. The van der Waals surface area contributed by atoms with Gasteiger partial charge in [-0.15, -0.1) is 0 Å². The van der Waals surface area contributed by atoms with E-state index in [4.69, 9.17) is 4.42 Å². The highest BCUT2D eigenvalue weighted by Gasteiger charge is 2.20. The van der Waals surface area contributed by atoms with Crippen LogP contribution in [0.25, 0.3) is 11.1 Å². The number of carbonyl (C=O) groups is 1. The number of hydrogen-bond acceptors (Lipinski definition) is 4. The van der Waals surface area contributed by atoms with Gasteiger partial charge in [0.15, 0.2) is 11.5 Å². The van der Waals surface area contributed by atoms with Crippen LogP contribution >= 0.6 is 0 Å². The van der Waals surface area contributed by atoms with Gasteiger partial charge in [-0.2, -0.15) is 0 Å². The average molecular weight is 287 g/mol. The fraction of sp³-hybridized carbons (Fsp3) is 0.500. The van der Waals surface area contributed by atoms with E-state index in [9.17, 15) is 4.79 Å². The Morgan fingerprint density at radius 2 is 2.19 bits per heavy atom. The van der Waals surface area contributed by atoms with Crippen molar-refractivity contribution >= 4 is 22.7 Å². The summed E-state index contributed by atoms with van der Waals surface area (Å²) in [5.74, 6) is 0.946. The number of nitrogens with zero attached hydrogens (tertiary/aromatic N) is 2. The molecule has 1 amide bonds. The zero-order chi connectivity index (χ0) is 14.8. The van der Waals surface area contributed by atoms with E-state index in [1.165, 1.54) is 0 Å². The van der Waals surface area contributed by atoms with Gasteiger partial charge in [0, 0.05) is 38.2 Å². The lowest BCUT2D eigenvalue weighted by molar-refractivity contribution is -0.129. The molecule has 0 radical (unpaired) electrons. The first-order valence-corrected chi connectivity index (χ1v) is 7.57. The topological polar surface area (TPSA) is 58.4 Å². The van der Waals surface area contributed by atoms with E-state index in [0.29, 0.717) is 6.04 Å². The van der Waals surface area contributed by atoms with Crippen LogP contribution in [0, 0.1) is 0 Å². The zero-order valence-corrected chi connectivity index (χ0v) is 12.6. The molecule has 2 aromatic rings. The third kappa shape index (κ3) is 3.01. The molecule has 21 heavy (non-hydrogen) atoms. The summed E-state index contributed by atoms with van der Waals surface area (Å²) in [4.78, 5) is 17.7. The SMILES string of the molecule is CCc1nc2cc(NC3CCN(C(C)=O)CC3)ccc2o1. The summed E-state index contributed by atoms with van der Waals surface area (Å²) >= 11 is 0. The predicted octanol–water partition coefficient (Wildman–Crippen LogP) is 2.81. The maximum absolute atomic E-state index is 11.3. The Labute approximate surface area is 124 Å². The van der Waals surface area contributed by atoms with Crippen LogP contribution in [0.3, 0.4) is 0 Å². The molecule has 2 heterocycles. The van der Waals surface area contributed by atoms with E-state index in [2.05, 4.69) is 10.3 Å². The van der Waals surface area contributed by atoms with Gasteiger partial charge in [0.1, 0.15) is 5.52 Å². The van der Waals surface area contributed by atoms with Gasteiger partial charge in [-0.25, -0.2) is 4.98 Å². The lowest BCUT2D eigenvalue weighted by Crippen LogP contribution is -2.41. The molecule has 0 atom stereocenters. The van der Waals surface area contributed by atoms with E-state index >= 15 is 0 Å². The van der Waals surface area contributed by atoms with Crippen LogP contribution in [0.1, 0.15) is 32.6 Å². The van der Waals surface area contributed by atoms with Gasteiger partial charge in [-0.3, -0.25) is 4.79 Å². The van der Waals surface area contributed by atoms with E-state index < -0.39 is 0 Å². The van der Waals surface area contributed by atoms with Crippen molar-refractivity contribution in [2.24, 2.45) is 0 Å². The molecule has 5 nitrogen and oxygen atoms in total. The van der Waals surface area contributed by atoms with Crippen LogP contribution in [-0.2, 0) is 11.2 Å². The molecule has 1 N–H and O–H groups in total. The zero-order valence-electron chi connectivity index (χ0n) is 12.6. The Kier molecular flexibility index (Phi) is 3.82. The molecule has 0 bridgehead atoms. The minimum absolute atomic E-state index is 0.171. The molecule has 0 spiro atoms. The number of anilines is 1. The fourth-order valence-electron chi connectivity index (χ4n) is 2.79. The van der Waals surface area contributed by atoms with Gasteiger partial charge >= 0.3 is 0 Å². The smallest absolute Gasteiger partial charge is 0.219 e. The molecule has 1 aliphatic rings. The highest BCUT2D eigenvalue weighted by atomic mass is 16.3. The maximum atomic E-state index is 11.3. The summed E-state index contributed by atoms with van der Waals surface area (Å²) in [5, 5.41) is 3.54. The largest absolute Gasteiger partial charge is 0.441 e. The van der Waals surface area contributed by atoms with Crippen molar-refractivity contribution in [2.75, 3.05) is 18.4 Å². The van der Waals surface area contributed by atoms with Gasteiger partial charge < -0.3 is 14.6 Å². The Balaban J connectivity index is 1.66. The molecule has 3 rings (SSSR count). The van der Waals surface area contributed by atoms with Crippen molar-refractivity contribution in [3.63, 3.8) is 0 Å². The molecule has 5 heteroatoms. The first-order chi connectivity index (χ1) is 10.2. The molecule has 112 valence electrons. The van der Waals surface area contributed by atoms with Crippen molar-refractivity contribution < 1.29 is 9.21 Å². The second-order valence-electron chi connectivity index (χ2n) is 5.57. The molecule has 1 aromatic carbocycles. The molecule has 0 unspecified atom stereocenters. The van der Waals surface area contributed by atoms with Crippen molar-refractivity contribution in [3.05, 3.63) is 24.1 Å². The van der Waals surface area contributed by atoms with Crippen LogP contribution in [0.4, 0.5) is 5.69 Å². The monoisotopic (exact) mass is 287 g/mol. The number of piperidine rings is 1. The Morgan fingerprint density at radius 3 is 2.86 bits per heavy atom. The quantitative estimate of drug-likeness (QED) is 0.943. The van der Waals surface area contributed by atoms with Crippen molar-refractivity contribution in [2.45, 2.75) is 39.2 Å². The number of likely N-dealkylation sites (tertiary alicyclic amines) is 1. The fourth-order valence-corrected chi connectivity index (χ4v) is 2.79. The first kappa shape index (κ1) is 13.9. The standard InChI is InChI=1S/C16H21N3O2/c1-3-16-18-14-10-13(4-5-15(14)21-16)17-12-6-8-19(9-7-12)11(2)20/h4-5,10,12,17H,3,6-9H2,1-2H3. The lowest BCUT2D eigenvalue weighted by Gasteiger charge is -2.32. The second kappa shape index (κ2) is 5.76. The van der Waals surface area contributed by atoms with Crippen molar-refractivity contribution in [1.82, 2.24) is 9.88 Å². The normalized spacial score (nSPS) is 16.4. The summed E-state index contributed by atoms with van der Waals surface area (Å²) in [5.41, 5.74) is 2.81. The third-order valence-corrected chi connectivity index (χ3v) is 4.05. The second-order valence-corrected chi connectivity index (χ2v) is 5.57. The molecule has 1 fully saturated rings. The molecule has 1 saturated heterocycles. The minimum Gasteiger partial charge on any atom is -0.441 e. The molecular weight excluding hydrogens is 266 g/mol. The summed E-state index contributed by atoms with van der Waals surface area (Å²) in [6.07, 6.45) is 2.77. The predicted molar refractivity (Wildman–Crippen MR) is 82.3 cm³/mol. The van der Waals surface area contributed by atoms with Gasteiger partial charge in [0.25, 0.3) is 0 Å². The van der Waals surface area contributed by atoms with Gasteiger partial charge in [-0.1, -0.05) is 6.92 Å². The van der Waals surface area contributed by atoms with Crippen LogP contribution in [0.5, 0.6) is 0 Å². The summed E-state index contributed by atoms with van der Waals surface area (Å²) in [6.45, 7) is 5.34. The number of aryl methyl sites for hydroxylation is 1. The van der Waals surface area contributed by atoms with E-state index in [0.717, 1.165) is 55.0 Å². The van der Waals surface area contributed by atoms with Crippen LogP contribution in [-0.4, -0.2) is 34.9 Å². The first-order valence-electron chi connectivity index (χ1n) is 7.57. The molecule has 0 saturated carbocycles. The van der Waals surface area contributed by atoms with Crippen LogP contribution in [0.2, 0.25) is 0 Å². The van der Waals surface area contributed by atoms with Gasteiger partial charge in [0.2, 0.25) is 5.91 Å². The van der Waals surface area contributed by atoms with E-state index in [1.54, 1.807) is 6.92 Å². The number of amides is 1. The third-order valence-electron chi connectivity index (χ3n) is 4.05. The number of benzene rings is 1. The number of aromatic nitrogens is 1.